The van der Waals surface area contributed by atoms with E-state index < -0.39 is 0 Å². The Balaban J connectivity index is 0.000000720. The van der Waals surface area contributed by atoms with E-state index in [0.29, 0.717) is 0 Å². The maximum atomic E-state index is 2.12. The fourth-order valence-corrected chi connectivity index (χ4v) is 1.37. The Labute approximate surface area is 71.2 Å². The minimum atomic E-state index is 0. The van der Waals surface area contributed by atoms with Gasteiger partial charge in [-0.05, 0) is 6.07 Å². The van der Waals surface area contributed by atoms with Crippen molar-refractivity contribution >= 4 is 11.0 Å². The van der Waals surface area contributed by atoms with Gasteiger partial charge in [-0.1, -0.05) is 0 Å². The third-order valence-corrected chi connectivity index (χ3v) is 2.04. The lowest BCUT2D eigenvalue weighted by Gasteiger charge is -1.92. The molecule has 2 heterocycles. The normalized spacial score (nSPS) is 9.83. The van der Waals surface area contributed by atoms with Crippen LogP contribution in [0.2, 0.25) is 0 Å². The van der Waals surface area contributed by atoms with Crippen LogP contribution in [-0.2, 0) is 14.1 Å². The first-order chi connectivity index (χ1) is 5.29. The Morgan fingerprint density at radius 3 is 2.75 bits per heavy atom. The van der Waals surface area contributed by atoms with Crippen molar-refractivity contribution in [2.24, 2.45) is 14.1 Å². The minimum absolute atomic E-state index is 0. The van der Waals surface area contributed by atoms with Crippen LogP contribution in [0.15, 0.2) is 30.6 Å². The SMILES string of the molecule is Cn1ccc2c1ccc[n+]2C.[OH-]. The van der Waals surface area contributed by atoms with Crippen molar-refractivity contribution in [2.45, 2.75) is 0 Å². The molecule has 3 nitrogen and oxygen atoms in total. The quantitative estimate of drug-likeness (QED) is 0.531. The summed E-state index contributed by atoms with van der Waals surface area (Å²) in [5, 5.41) is 0. The number of hydrogen-bond donors (Lipinski definition) is 0. The first-order valence-corrected chi connectivity index (χ1v) is 3.69. The molecule has 0 amide bonds. The zero-order chi connectivity index (χ0) is 7.84. The molecule has 3 heteroatoms. The summed E-state index contributed by atoms with van der Waals surface area (Å²) in [7, 11) is 4.12. The minimum Gasteiger partial charge on any atom is -0.870 e. The molecule has 0 aliphatic carbocycles. The highest BCUT2D eigenvalue weighted by atomic mass is 16.0. The van der Waals surface area contributed by atoms with E-state index in [1.54, 1.807) is 0 Å². The highest BCUT2D eigenvalue weighted by molar-refractivity contribution is 5.71. The highest BCUT2D eigenvalue weighted by Gasteiger charge is 2.04. The standard InChI is InChI=1S/C9H11N2.H2O/c1-10-6-3-4-8-9(10)5-7-11(8)2;/h3-7H,1-2H3;1H2/q+1;/p-1. The second-order valence-corrected chi connectivity index (χ2v) is 2.82. The van der Waals surface area contributed by atoms with Crippen molar-refractivity contribution in [3.8, 4) is 0 Å². The zero-order valence-corrected chi connectivity index (χ0v) is 7.23. The van der Waals surface area contributed by atoms with E-state index in [-0.39, 0.29) is 5.48 Å². The highest BCUT2D eigenvalue weighted by Crippen LogP contribution is 2.07. The molecule has 0 bridgehead atoms. The number of fused-ring (bicyclic) bond motifs is 1. The molecule has 12 heavy (non-hydrogen) atoms. The van der Waals surface area contributed by atoms with Crippen LogP contribution in [0.4, 0.5) is 0 Å². The van der Waals surface area contributed by atoms with Gasteiger partial charge in [0, 0.05) is 25.4 Å². The number of aryl methyl sites for hydroxylation is 2. The van der Waals surface area contributed by atoms with Crippen LogP contribution in [0, 0.1) is 0 Å². The van der Waals surface area contributed by atoms with Crippen molar-refractivity contribution in [3.05, 3.63) is 30.6 Å². The van der Waals surface area contributed by atoms with E-state index in [1.807, 2.05) is 0 Å². The molecule has 1 N–H and O–H groups in total. The Bertz CT molecular complexity index is 392. The molecule has 0 aromatic carbocycles. The molecule has 0 radical (unpaired) electrons. The molecule has 0 saturated carbocycles. The third kappa shape index (κ3) is 1.08. The molecule has 0 aliphatic rings. The molecule has 2 aromatic heterocycles. The lowest BCUT2D eigenvalue weighted by atomic mass is 10.4. The van der Waals surface area contributed by atoms with Crippen LogP contribution >= 0.6 is 0 Å². The number of rotatable bonds is 0. The first-order valence-electron chi connectivity index (χ1n) is 3.69. The Morgan fingerprint density at radius 1 is 1.33 bits per heavy atom. The smallest absolute Gasteiger partial charge is 0.230 e. The summed E-state index contributed by atoms with van der Waals surface area (Å²) in [4.78, 5) is 0. The lowest BCUT2D eigenvalue weighted by Crippen LogP contribution is -2.27. The fourth-order valence-electron chi connectivity index (χ4n) is 1.37. The second kappa shape index (κ2) is 2.95. The monoisotopic (exact) mass is 164 g/mol. The van der Waals surface area contributed by atoms with Crippen molar-refractivity contribution < 1.29 is 10.0 Å². The lowest BCUT2D eigenvalue weighted by molar-refractivity contribution is -0.644. The van der Waals surface area contributed by atoms with E-state index in [0.717, 1.165) is 0 Å². The molecule has 2 aromatic rings. The number of pyridine rings is 1. The predicted molar refractivity (Wildman–Crippen MR) is 46.0 cm³/mol. The van der Waals surface area contributed by atoms with Crippen molar-refractivity contribution in [1.29, 1.82) is 0 Å². The Hall–Kier alpha value is -1.35. The summed E-state index contributed by atoms with van der Waals surface area (Å²) in [6, 6.07) is 6.30. The Kier molecular flexibility index (Phi) is 2.15. The van der Waals surface area contributed by atoms with Crippen molar-refractivity contribution in [2.75, 3.05) is 0 Å². The van der Waals surface area contributed by atoms with Gasteiger partial charge in [0.15, 0.2) is 6.20 Å². The Morgan fingerprint density at radius 2 is 2.08 bits per heavy atom. The van der Waals surface area contributed by atoms with Gasteiger partial charge in [0.1, 0.15) is 12.6 Å². The van der Waals surface area contributed by atoms with Crippen LogP contribution in [0.5, 0.6) is 0 Å². The largest absolute Gasteiger partial charge is 0.870 e. The van der Waals surface area contributed by atoms with Crippen LogP contribution in [0.25, 0.3) is 11.0 Å². The third-order valence-electron chi connectivity index (χ3n) is 2.04. The molecule has 0 saturated heterocycles. The van der Waals surface area contributed by atoms with Gasteiger partial charge in [-0.3, -0.25) is 0 Å². The second-order valence-electron chi connectivity index (χ2n) is 2.82. The molecule has 0 fully saturated rings. The fraction of sp³-hybridized carbons (Fsp3) is 0.222. The van der Waals surface area contributed by atoms with Crippen LogP contribution in [0.1, 0.15) is 0 Å². The van der Waals surface area contributed by atoms with Crippen LogP contribution < -0.4 is 4.57 Å². The molecule has 0 spiro atoms. The average Bonchev–Trinajstić information content (AvgIpc) is 2.35. The van der Waals surface area contributed by atoms with Crippen LogP contribution in [0.3, 0.4) is 0 Å². The van der Waals surface area contributed by atoms with E-state index >= 15 is 0 Å². The summed E-state index contributed by atoms with van der Waals surface area (Å²) >= 11 is 0. The zero-order valence-electron chi connectivity index (χ0n) is 7.23. The van der Waals surface area contributed by atoms with E-state index in [1.165, 1.54) is 11.0 Å². The first kappa shape index (κ1) is 8.74. The molecule has 0 atom stereocenters. The average molecular weight is 164 g/mol. The van der Waals surface area contributed by atoms with Gasteiger partial charge in [0.05, 0.1) is 0 Å². The van der Waals surface area contributed by atoms with Gasteiger partial charge in [-0.25, -0.2) is 0 Å². The number of aromatic nitrogens is 2. The van der Waals surface area contributed by atoms with Crippen molar-refractivity contribution in [1.82, 2.24) is 4.57 Å². The molecular formula is C9H12N2O. The number of nitrogens with zero attached hydrogens (tertiary/aromatic N) is 2. The molecule has 0 unspecified atom stereocenters. The van der Waals surface area contributed by atoms with Gasteiger partial charge in [0.2, 0.25) is 5.52 Å². The van der Waals surface area contributed by atoms with E-state index in [2.05, 4.69) is 53.8 Å². The van der Waals surface area contributed by atoms with Crippen molar-refractivity contribution in [3.63, 3.8) is 0 Å². The predicted octanol–water partition coefficient (Wildman–Crippen LogP) is 0.826. The summed E-state index contributed by atoms with van der Waals surface area (Å²) in [5.41, 5.74) is 2.55. The summed E-state index contributed by atoms with van der Waals surface area (Å²) < 4.78 is 4.24. The number of hydrogen-bond acceptors (Lipinski definition) is 1. The van der Waals surface area contributed by atoms with E-state index in [4.69, 9.17) is 0 Å². The van der Waals surface area contributed by atoms with Gasteiger partial charge in [-0.2, -0.15) is 4.57 Å². The maximum absolute atomic E-state index is 2.12. The topological polar surface area (TPSA) is 38.8 Å². The van der Waals surface area contributed by atoms with Gasteiger partial charge >= 0.3 is 0 Å². The molecule has 64 valence electrons. The molecule has 0 aliphatic heterocycles. The maximum Gasteiger partial charge on any atom is 0.230 e. The van der Waals surface area contributed by atoms with E-state index in [9.17, 15) is 0 Å². The van der Waals surface area contributed by atoms with Gasteiger partial charge in [-0.15, -0.1) is 0 Å². The van der Waals surface area contributed by atoms with Gasteiger partial charge in [0.25, 0.3) is 0 Å². The van der Waals surface area contributed by atoms with Gasteiger partial charge < -0.3 is 10.0 Å². The summed E-state index contributed by atoms with van der Waals surface area (Å²) in [5.74, 6) is 0. The summed E-state index contributed by atoms with van der Waals surface area (Å²) in [6.45, 7) is 0. The summed E-state index contributed by atoms with van der Waals surface area (Å²) in [6.07, 6.45) is 4.13. The molecular weight excluding hydrogens is 152 g/mol. The van der Waals surface area contributed by atoms with Crippen LogP contribution in [-0.4, -0.2) is 10.0 Å². The molecule has 2 rings (SSSR count).